The van der Waals surface area contributed by atoms with Gasteiger partial charge in [-0.3, -0.25) is 4.79 Å². The van der Waals surface area contributed by atoms with Crippen molar-refractivity contribution in [3.8, 4) is 0 Å². The molecule has 190 valence electrons. The van der Waals surface area contributed by atoms with Crippen LogP contribution in [0.15, 0.2) is 61.2 Å². The lowest BCUT2D eigenvalue weighted by molar-refractivity contribution is -0.131. The van der Waals surface area contributed by atoms with Crippen molar-refractivity contribution in [3.05, 3.63) is 66.7 Å². The Kier molecular flexibility index (Phi) is 11.5. The van der Waals surface area contributed by atoms with E-state index in [1.165, 1.54) is 23.6 Å². The second kappa shape index (κ2) is 14.9. The number of piperidine rings is 1. The van der Waals surface area contributed by atoms with Crippen molar-refractivity contribution < 1.29 is 4.79 Å². The Balaban J connectivity index is 0.00000342. The molecule has 7 heteroatoms. The molecule has 1 amide bonds. The maximum absolute atomic E-state index is 12.9. The highest BCUT2D eigenvalue weighted by Gasteiger charge is 2.22. The van der Waals surface area contributed by atoms with Gasteiger partial charge in [-0.1, -0.05) is 42.5 Å². The maximum Gasteiger partial charge on any atom is 0.227 e. The molecule has 0 aliphatic carbocycles. The van der Waals surface area contributed by atoms with Crippen molar-refractivity contribution in [2.24, 2.45) is 5.92 Å². The molecule has 2 N–H and O–H groups in total. The third-order valence-electron chi connectivity index (χ3n) is 6.91. The molecule has 0 spiro atoms. The lowest BCUT2D eigenvalue weighted by Crippen LogP contribution is -2.41. The van der Waals surface area contributed by atoms with Crippen LogP contribution in [0.3, 0.4) is 0 Å². The number of hydrogen-bond donors (Lipinski definition) is 2. The number of nitrogens with zero attached hydrogens (tertiary/aromatic N) is 3. The summed E-state index contributed by atoms with van der Waals surface area (Å²) >= 11 is 0. The van der Waals surface area contributed by atoms with Gasteiger partial charge in [-0.25, -0.2) is 4.98 Å². The summed E-state index contributed by atoms with van der Waals surface area (Å²) < 4.78 is 2.12. The van der Waals surface area contributed by atoms with Gasteiger partial charge in [0.05, 0.1) is 12.7 Å². The Morgan fingerprint density at radius 3 is 2.49 bits per heavy atom. The van der Waals surface area contributed by atoms with Gasteiger partial charge in [-0.15, -0.1) is 12.4 Å². The molecule has 0 saturated carbocycles. The van der Waals surface area contributed by atoms with Gasteiger partial charge < -0.3 is 20.1 Å². The Morgan fingerprint density at radius 1 is 0.943 bits per heavy atom. The van der Waals surface area contributed by atoms with E-state index < -0.39 is 0 Å². The molecule has 35 heavy (non-hydrogen) atoms. The molecule has 0 atom stereocenters. The first kappa shape index (κ1) is 27.2. The Hall–Kier alpha value is -2.41. The van der Waals surface area contributed by atoms with Gasteiger partial charge in [0, 0.05) is 32.0 Å². The van der Waals surface area contributed by atoms with Gasteiger partial charge in [0.2, 0.25) is 5.91 Å². The predicted octanol–water partition coefficient (Wildman–Crippen LogP) is 4.29. The van der Waals surface area contributed by atoms with Crippen LogP contribution in [0.1, 0.15) is 37.7 Å². The molecule has 3 aromatic rings. The van der Waals surface area contributed by atoms with Crippen LogP contribution in [0, 0.1) is 5.92 Å². The van der Waals surface area contributed by atoms with E-state index in [0.717, 1.165) is 70.6 Å². The lowest BCUT2D eigenvalue weighted by Gasteiger charge is -2.32. The largest absolute Gasteiger partial charge is 0.342 e. The first-order chi connectivity index (χ1) is 16.8. The van der Waals surface area contributed by atoms with E-state index in [9.17, 15) is 4.79 Å². The number of rotatable bonds is 13. The van der Waals surface area contributed by atoms with Crippen LogP contribution in [0.25, 0.3) is 10.8 Å². The van der Waals surface area contributed by atoms with Gasteiger partial charge >= 0.3 is 0 Å². The SMILES string of the molecule is Cl.O=C(Cc1cccc2ccccc12)N1CCC(CNCCCCNCCCn2ccnc2)CC1. The second-order valence-electron chi connectivity index (χ2n) is 9.45. The van der Waals surface area contributed by atoms with E-state index in [0.29, 0.717) is 12.3 Å². The van der Waals surface area contributed by atoms with Gasteiger partial charge in [-0.05, 0) is 80.5 Å². The van der Waals surface area contributed by atoms with Crippen LogP contribution in [0.5, 0.6) is 0 Å². The molecule has 1 aliphatic rings. The highest BCUT2D eigenvalue weighted by molar-refractivity contribution is 5.90. The Bertz CT molecular complexity index is 996. The van der Waals surface area contributed by atoms with E-state index in [4.69, 9.17) is 0 Å². The van der Waals surface area contributed by atoms with Crippen LogP contribution < -0.4 is 10.6 Å². The number of aryl methyl sites for hydroxylation is 1. The molecular formula is C28H40ClN5O. The summed E-state index contributed by atoms with van der Waals surface area (Å²) in [6, 6.07) is 14.6. The molecule has 0 bridgehead atoms. The number of carbonyl (C=O) groups excluding carboxylic acids is 1. The molecule has 0 radical (unpaired) electrons. The summed E-state index contributed by atoms with van der Waals surface area (Å²) in [6.07, 6.45) is 12.0. The van der Waals surface area contributed by atoms with E-state index in [1.54, 1.807) is 0 Å². The number of nitrogens with one attached hydrogen (secondary N) is 2. The lowest BCUT2D eigenvalue weighted by atomic mass is 9.95. The summed E-state index contributed by atoms with van der Waals surface area (Å²) in [5, 5.41) is 9.57. The average Bonchev–Trinajstić information content (AvgIpc) is 3.39. The number of imidazole rings is 1. The molecule has 1 saturated heterocycles. The molecular weight excluding hydrogens is 458 g/mol. The molecule has 1 fully saturated rings. The molecule has 6 nitrogen and oxygen atoms in total. The Morgan fingerprint density at radius 2 is 1.69 bits per heavy atom. The highest BCUT2D eigenvalue weighted by atomic mass is 35.5. The van der Waals surface area contributed by atoms with Crippen LogP contribution in [-0.2, 0) is 17.8 Å². The van der Waals surface area contributed by atoms with Crippen LogP contribution in [0.4, 0.5) is 0 Å². The Labute approximate surface area is 215 Å². The molecule has 0 unspecified atom stereocenters. The number of hydrogen-bond acceptors (Lipinski definition) is 4. The molecule has 1 aromatic heterocycles. The van der Waals surface area contributed by atoms with Gasteiger partial charge in [-0.2, -0.15) is 0 Å². The quantitative estimate of drug-likeness (QED) is 0.346. The van der Waals surface area contributed by atoms with Crippen molar-refractivity contribution in [1.29, 1.82) is 0 Å². The molecule has 2 heterocycles. The second-order valence-corrected chi connectivity index (χ2v) is 9.45. The maximum atomic E-state index is 12.9. The fraction of sp³-hybridized carbons (Fsp3) is 0.500. The predicted molar refractivity (Wildman–Crippen MR) is 146 cm³/mol. The van der Waals surface area contributed by atoms with Crippen LogP contribution in [-0.4, -0.2) is 59.6 Å². The minimum absolute atomic E-state index is 0. The number of aromatic nitrogens is 2. The molecule has 4 rings (SSSR count). The number of halogens is 1. The first-order valence-electron chi connectivity index (χ1n) is 12.9. The summed E-state index contributed by atoms with van der Waals surface area (Å²) in [5.41, 5.74) is 1.14. The standard InChI is InChI=1S/C28H39N5O.ClH/c34-28(21-26-9-5-8-25-7-1-2-10-27(25)26)33-18-11-24(12-19-33)22-30-14-4-3-13-29-15-6-17-32-20-16-31-23-32;/h1-2,5,7-10,16,20,23-24,29-30H,3-4,6,11-15,17-19,21-22H2;1H. The zero-order valence-electron chi connectivity index (χ0n) is 20.7. The van der Waals surface area contributed by atoms with Gasteiger partial charge in [0.25, 0.3) is 0 Å². The minimum atomic E-state index is 0. The number of carbonyl (C=O) groups is 1. The van der Waals surface area contributed by atoms with Crippen molar-refractivity contribution in [2.45, 2.75) is 45.1 Å². The van der Waals surface area contributed by atoms with Crippen molar-refractivity contribution >= 4 is 29.1 Å². The van der Waals surface area contributed by atoms with Crippen LogP contribution >= 0.6 is 12.4 Å². The minimum Gasteiger partial charge on any atom is -0.342 e. The topological polar surface area (TPSA) is 62.2 Å². The highest BCUT2D eigenvalue weighted by Crippen LogP contribution is 2.21. The summed E-state index contributed by atoms with van der Waals surface area (Å²) in [5.74, 6) is 0.947. The van der Waals surface area contributed by atoms with E-state index in [1.807, 2.05) is 18.7 Å². The number of unbranched alkanes of at least 4 members (excludes halogenated alkanes) is 1. The zero-order valence-corrected chi connectivity index (χ0v) is 21.5. The summed E-state index contributed by atoms with van der Waals surface area (Å²) in [6.45, 7) is 7.10. The monoisotopic (exact) mass is 497 g/mol. The molecule has 2 aromatic carbocycles. The smallest absolute Gasteiger partial charge is 0.227 e. The van der Waals surface area contributed by atoms with Crippen molar-refractivity contribution in [1.82, 2.24) is 25.1 Å². The number of fused-ring (bicyclic) bond motifs is 1. The van der Waals surface area contributed by atoms with E-state index >= 15 is 0 Å². The van der Waals surface area contributed by atoms with Gasteiger partial charge in [0.1, 0.15) is 0 Å². The third kappa shape index (κ3) is 8.64. The van der Waals surface area contributed by atoms with E-state index in [2.05, 4.69) is 67.5 Å². The summed E-state index contributed by atoms with van der Waals surface area (Å²) in [7, 11) is 0. The first-order valence-corrected chi connectivity index (χ1v) is 12.9. The number of amides is 1. The zero-order chi connectivity index (χ0) is 23.4. The van der Waals surface area contributed by atoms with Crippen molar-refractivity contribution in [2.75, 3.05) is 39.3 Å². The van der Waals surface area contributed by atoms with E-state index in [-0.39, 0.29) is 18.3 Å². The summed E-state index contributed by atoms with van der Waals surface area (Å²) in [4.78, 5) is 19.0. The van der Waals surface area contributed by atoms with Crippen molar-refractivity contribution in [3.63, 3.8) is 0 Å². The molecule has 1 aliphatic heterocycles. The van der Waals surface area contributed by atoms with Gasteiger partial charge in [0.15, 0.2) is 0 Å². The normalized spacial score (nSPS) is 14.2. The van der Waals surface area contributed by atoms with Crippen LogP contribution in [0.2, 0.25) is 0 Å². The number of likely N-dealkylation sites (tertiary alicyclic amines) is 1. The fourth-order valence-electron chi connectivity index (χ4n) is 4.84. The number of benzene rings is 2. The average molecular weight is 498 g/mol. The fourth-order valence-corrected chi connectivity index (χ4v) is 4.84. The third-order valence-corrected chi connectivity index (χ3v) is 6.91.